The summed E-state index contributed by atoms with van der Waals surface area (Å²) in [6, 6.07) is 0. The first kappa shape index (κ1) is 6.90. The van der Waals surface area contributed by atoms with Crippen LogP contribution in [0.1, 0.15) is 5.76 Å². The van der Waals surface area contributed by atoms with Crippen LogP contribution in [0.5, 0.6) is 0 Å². The summed E-state index contributed by atoms with van der Waals surface area (Å²) in [5, 5.41) is 0.287. The maximum atomic E-state index is 11.0. The molecule has 2 heterocycles. The Morgan fingerprint density at radius 2 is 2.17 bits per heavy atom. The molecular formula is C7H5NO4. The number of aromatic nitrogens is 1. The van der Waals surface area contributed by atoms with E-state index < -0.39 is 11.4 Å². The van der Waals surface area contributed by atoms with Gasteiger partial charge >= 0.3 is 11.4 Å². The fourth-order valence-corrected chi connectivity index (χ4v) is 1.07. The molecule has 0 spiro atoms. The fraction of sp³-hybridized carbons (Fsp3) is 0.143. The van der Waals surface area contributed by atoms with Crippen molar-refractivity contribution in [2.45, 2.75) is 6.92 Å². The predicted molar refractivity (Wildman–Crippen MR) is 40.1 cm³/mol. The zero-order chi connectivity index (χ0) is 8.72. The number of H-pyrrole nitrogens is 1. The lowest BCUT2D eigenvalue weighted by Gasteiger charge is -1.84. The van der Waals surface area contributed by atoms with Gasteiger partial charge < -0.3 is 8.83 Å². The van der Waals surface area contributed by atoms with E-state index in [-0.39, 0.29) is 5.39 Å². The highest BCUT2D eigenvalue weighted by molar-refractivity contribution is 5.78. The summed E-state index contributed by atoms with van der Waals surface area (Å²) in [5.41, 5.74) is -0.297. The SMILES string of the molecule is Cc1occ2[nH]c(=O)oc(=O)c12. The average molecular weight is 167 g/mol. The molecule has 62 valence electrons. The summed E-state index contributed by atoms with van der Waals surface area (Å²) >= 11 is 0. The second-order valence-corrected chi connectivity index (χ2v) is 2.38. The second-order valence-electron chi connectivity index (χ2n) is 2.38. The Balaban J connectivity index is 3.13. The molecule has 0 aliphatic heterocycles. The molecule has 0 bridgehead atoms. The van der Waals surface area contributed by atoms with Crippen molar-refractivity contribution in [3.8, 4) is 0 Å². The lowest BCUT2D eigenvalue weighted by Crippen LogP contribution is -2.13. The van der Waals surface area contributed by atoms with Gasteiger partial charge in [0, 0.05) is 0 Å². The molecule has 12 heavy (non-hydrogen) atoms. The zero-order valence-corrected chi connectivity index (χ0v) is 6.21. The van der Waals surface area contributed by atoms with Crippen molar-refractivity contribution in [1.82, 2.24) is 4.98 Å². The fourth-order valence-electron chi connectivity index (χ4n) is 1.07. The molecule has 2 rings (SSSR count). The first-order chi connectivity index (χ1) is 5.68. The van der Waals surface area contributed by atoms with E-state index in [0.717, 1.165) is 0 Å². The zero-order valence-electron chi connectivity index (χ0n) is 6.21. The Labute approximate surface area is 65.6 Å². The number of aromatic amines is 1. The van der Waals surface area contributed by atoms with Gasteiger partial charge in [0.25, 0.3) is 0 Å². The molecule has 0 fully saturated rings. The third kappa shape index (κ3) is 0.795. The van der Waals surface area contributed by atoms with Gasteiger partial charge in [-0.05, 0) is 6.92 Å². The highest BCUT2D eigenvalue weighted by atomic mass is 16.4. The van der Waals surface area contributed by atoms with Crippen LogP contribution in [-0.2, 0) is 0 Å². The highest BCUT2D eigenvalue weighted by Crippen LogP contribution is 2.11. The number of hydrogen-bond acceptors (Lipinski definition) is 4. The van der Waals surface area contributed by atoms with Gasteiger partial charge in [-0.2, -0.15) is 0 Å². The lowest BCUT2D eigenvalue weighted by molar-refractivity contribution is 0.459. The van der Waals surface area contributed by atoms with E-state index in [0.29, 0.717) is 11.3 Å². The largest absolute Gasteiger partial charge is 0.466 e. The summed E-state index contributed by atoms with van der Waals surface area (Å²) in [7, 11) is 0. The maximum Gasteiger partial charge on any atom is 0.419 e. The summed E-state index contributed by atoms with van der Waals surface area (Å²) < 4.78 is 9.22. The minimum absolute atomic E-state index is 0.287. The first-order valence-corrected chi connectivity index (χ1v) is 3.29. The van der Waals surface area contributed by atoms with Crippen LogP contribution < -0.4 is 11.4 Å². The van der Waals surface area contributed by atoms with E-state index in [2.05, 4.69) is 9.40 Å². The smallest absolute Gasteiger partial charge is 0.419 e. The summed E-state index contributed by atoms with van der Waals surface area (Å²) in [6.45, 7) is 1.62. The van der Waals surface area contributed by atoms with Gasteiger partial charge in [0.15, 0.2) is 0 Å². The van der Waals surface area contributed by atoms with Crippen molar-refractivity contribution < 1.29 is 8.83 Å². The molecule has 5 heteroatoms. The lowest BCUT2D eigenvalue weighted by atomic mass is 10.3. The second kappa shape index (κ2) is 2.10. The number of aryl methyl sites for hydroxylation is 1. The Hall–Kier alpha value is -1.78. The van der Waals surface area contributed by atoms with Crippen LogP contribution in [0.15, 0.2) is 24.7 Å². The summed E-state index contributed by atoms with van der Waals surface area (Å²) in [6.07, 6.45) is 1.31. The van der Waals surface area contributed by atoms with Gasteiger partial charge in [-0.15, -0.1) is 0 Å². The molecule has 5 nitrogen and oxygen atoms in total. The number of rotatable bonds is 0. The monoisotopic (exact) mass is 167 g/mol. The topological polar surface area (TPSA) is 76.2 Å². The number of fused-ring (bicyclic) bond motifs is 1. The third-order valence-corrected chi connectivity index (χ3v) is 1.60. The molecule has 0 saturated heterocycles. The normalized spacial score (nSPS) is 10.8. The van der Waals surface area contributed by atoms with Crippen molar-refractivity contribution in [1.29, 1.82) is 0 Å². The van der Waals surface area contributed by atoms with Gasteiger partial charge in [0.05, 0.1) is 5.52 Å². The van der Waals surface area contributed by atoms with E-state index >= 15 is 0 Å². The Morgan fingerprint density at radius 1 is 1.42 bits per heavy atom. The minimum atomic E-state index is -0.770. The molecule has 0 aromatic carbocycles. The Bertz CT molecular complexity index is 530. The van der Waals surface area contributed by atoms with E-state index in [1.54, 1.807) is 6.92 Å². The summed E-state index contributed by atoms with van der Waals surface area (Å²) in [4.78, 5) is 24.0. The molecule has 0 atom stereocenters. The highest BCUT2D eigenvalue weighted by Gasteiger charge is 2.08. The molecule has 0 unspecified atom stereocenters. The van der Waals surface area contributed by atoms with Crippen LogP contribution in [0.25, 0.3) is 10.9 Å². The Kier molecular flexibility index (Phi) is 1.21. The van der Waals surface area contributed by atoms with Crippen LogP contribution in [0, 0.1) is 6.92 Å². The number of furan rings is 1. The van der Waals surface area contributed by atoms with Gasteiger partial charge in [-0.1, -0.05) is 0 Å². The van der Waals surface area contributed by atoms with Crippen LogP contribution in [-0.4, -0.2) is 4.98 Å². The Morgan fingerprint density at radius 3 is 2.92 bits per heavy atom. The van der Waals surface area contributed by atoms with Crippen molar-refractivity contribution in [2.75, 3.05) is 0 Å². The van der Waals surface area contributed by atoms with E-state index in [9.17, 15) is 9.59 Å². The van der Waals surface area contributed by atoms with Crippen LogP contribution in [0.2, 0.25) is 0 Å². The molecule has 2 aromatic rings. The van der Waals surface area contributed by atoms with Gasteiger partial charge in [0.1, 0.15) is 17.4 Å². The molecule has 0 saturated carbocycles. The molecule has 0 aliphatic rings. The molecule has 0 radical (unpaired) electrons. The van der Waals surface area contributed by atoms with E-state index in [4.69, 9.17) is 4.42 Å². The van der Waals surface area contributed by atoms with Crippen LogP contribution >= 0.6 is 0 Å². The predicted octanol–water partition coefficient (Wildman–Crippen LogP) is 0.383. The minimum Gasteiger partial charge on any atom is -0.466 e. The molecular weight excluding hydrogens is 162 g/mol. The van der Waals surface area contributed by atoms with Gasteiger partial charge in [-0.3, -0.25) is 4.98 Å². The molecule has 0 amide bonds. The van der Waals surface area contributed by atoms with Gasteiger partial charge in [0.2, 0.25) is 0 Å². The standard InChI is InChI=1S/C7H5NO4/c1-3-5-4(2-11-3)8-7(10)12-6(5)9/h2H,1H3,(H,8,10). The number of hydrogen-bond donors (Lipinski definition) is 1. The van der Waals surface area contributed by atoms with Crippen molar-refractivity contribution in [3.63, 3.8) is 0 Å². The molecule has 0 aliphatic carbocycles. The van der Waals surface area contributed by atoms with Crippen LogP contribution in [0.4, 0.5) is 0 Å². The van der Waals surface area contributed by atoms with E-state index in [1.165, 1.54) is 6.26 Å². The van der Waals surface area contributed by atoms with Crippen molar-refractivity contribution in [3.05, 3.63) is 33.0 Å². The average Bonchev–Trinajstić information content (AvgIpc) is 2.31. The third-order valence-electron chi connectivity index (χ3n) is 1.60. The molecule has 1 N–H and O–H groups in total. The van der Waals surface area contributed by atoms with Crippen molar-refractivity contribution in [2.24, 2.45) is 0 Å². The van der Waals surface area contributed by atoms with Crippen molar-refractivity contribution >= 4 is 10.9 Å². The first-order valence-electron chi connectivity index (χ1n) is 3.29. The van der Waals surface area contributed by atoms with Crippen LogP contribution in [0.3, 0.4) is 0 Å². The molecule has 2 aromatic heterocycles. The van der Waals surface area contributed by atoms with E-state index in [1.807, 2.05) is 0 Å². The summed E-state index contributed by atoms with van der Waals surface area (Å²) in [5.74, 6) is -0.330. The quantitative estimate of drug-likeness (QED) is 0.615. The van der Waals surface area contributed by atoms with Gasteiger partial charge in [-0.25, -0.2) is 9.59 Å². The number of nitrogens with one attached hydrogen (secondary N) is 1. The maximum absolute atomic E-state index is 11.0.